The van der Waals surface area contributed by atoms with Crippen molar-refractivity contribution in [3.8, 4) is 0 Å². The van der Waals surface area contributed by atoms with Gasteiger partial charge in [-0.1, -0.05) is 0 Å². The highest BCUT2D eigenvalue weighted by molar-refractivity contribution is 7.98. The van der Waals surface area contributed by atoms with Crippen LogP contribution in [-0.2, 0) is 28.8 Å². The van der Waals surface area contributed by atoms with Crippen LogP contribution < -0.4 is 61.4 Å². The Balaban J connectivity index is 5.90. The molecule has 19 N–H and O–H groups in total. The van der Waals surface area contributed by atoms with Crippen molar-refractivity contribution in [2.24, 2.45) is 50.1 Å². The van der Waals surface area contributed by atoms with E-state index >= 15 is 0 Å². The molecule has 0 saturated carbocycles. The number of carboxylic acid groups (broad SMARTS) is 1. The minimum atomic E-state index is -1.47. The highest BCUT2D eigenvalue weighted by Gasteiger charge is 2.32. The number of primary amides is 1. The van der Waals surface area contributed by atoms with Gasteiger partial charge in [0.1, 0.15) is 24.2 Å². The van der Waals surface area contributed by atoms with E-state index in [4.69, 9.17) is 40.1 Å². The summed E-state index contributed by atoms with van der Waals surface area (Å²) in [5.41, 5.74) is 38.0. The first kappa shape index (κ1) is 43.6. The Morgan fingerprint density at radius 1 is 0.646 bits per heavy atom. The van der Waals surface area contributed by atoms with Gasteiger partial charge < -0.3 is 66.5 Å². The zero-order valence-electron chi connectivity index (χ0n) is 27.3. The number of aliphatic carboxylic acids is 1. The van der Waals surface area contributed by atoms with Crippen LogP contribution in [0.1, 0.15) is 57.8 Å². The number of hydrogen-bond acceptors (Lipinski definition) is 11. The SMILES string of the molecule is CSCCC(NC(=O)C(CC(N)=O)NC(=O)C(N)CCCN=C(N)N)C(=O)NC(CCCN=C(N)N)C(=O)NC(CCCCN)C(=O)O. The van der Waals surface area contributed by atoms with Crippen LogP contribution in [-0.4, -0.2) is 114 Å². The lowest BCUT2D eigenvalue weighted by Gasteiger charge is -2.26. The fourth-order valence-corrected chi connectivity index (χ4v) is 4.66. The molecule has 0 rings (SSSR count). The molecule has 0 aliphatic heterocycles. The van der Waals surface area contributed by atoms with Crippen LogP contribution in [0.2, 0.25) is 0 Å². The van der Waals surface area contributed by atoms with Gasteiger partial charge in [0.25, 0.3) is 0 Å². The Hall–Kier alpha value is -4.37. The van der Waals surface area contributed by atoms with Gasteiger partial charge >= 0.3 is 5.97 Å². The lowest BCUT2D eigenvalue weighted by molar-refractivity contribution is -0.142. The van der Waals surface area contributed by atoms with Crippen molar-refractivity contribution in [3.63, 3.8) is 0 Å². The first-order chi connectivity index (χ1) is 22.6. The van der Waals surface area contributed by atoms with Gasteiger partial charge in [-0.3, -0.25) is 34.0 Å². The van der Waals surface area contributed by atoms with E-state index in [0.717, 1.165) is 0 Å². The van der Waals surface area contributed by atoms with Crippen molar-refractivity contribution in [1.29, 1.82) is 0 Å². The van der Waals surface area contributed by atoms with E-state index in [9.17, 15) is 33.9 Å². The monoisotopic (exact) mass is 703 g/mol. The number of hydrogen-bond donors (Lipinski definition) is 12. The molecule has 0 bridgehead atoms. The normalized spacial score (nSPS) is 13.8. The van der Waals surface area contributed by atoms with Gasteiger partial charge in [0.05, 0.1) is 12.5 Å². The highest BCUT2D eigenvalue weighted by Crippen LogP contribution is 2.08. The predicted molar refractivity (Wildman–Crippen MR) is 183 cm³/mol. The average Bonchev–Trinajstić information content (AvgIpc) is 3.00. The lowest BCUT2D eigenvalue weighted by atomic mass is 10.1. The van der Waals surface area contributed by atoms with Crippen LogP contribution in [0.4, 0.5) is 0 Å². The number of amides is 5. The molecular weight excluding hydrogens is 650 g/mol. The highest BCUT2D eigenvalue weighted by atomic mass is 32.2. The summed E-state index contributed by atoms with van der Waals surface area (Å²) in [5.74, 6) is -5.23. The van der Waals surface area contributed by atoms with Crippen LogP contribution >= 0.6 is 11.8 Å². The van der Waals surface area contributed by atoms with E-state index in [-0.39, 0.29) is 57.1 Å². The van der Waals surface area contributed by atoms with Crippen LogP contribution in [0, 0.1) is 0 Å². The maximum atomic E-state index is 13.5. The molecule has 0 heterocycles. The fraction of sp³-hybridized carbons (Fsp3) is 0.704. The van der Waals surface area contributed by atoms with Gasteiger partial charge in [-0.15, -0.1) is 0 Å². The Morgan fingerprint density at radius 3 is 1.58 bits per heavy atom. The second kappa shape index (κ2) is 24.8. The molecule has 0 aromatic rings. The van der Waals surface area contributed by atoms with Crippen molar-refractivity contribution in [2.45, 2.75) is 88.0 Å². The third kappa shape index (κ3) is 20.0. The number of nitrogens with one attached hydrogen (secondary N) is 4. The summed E-state index contributed by atoms with van der Waals surface area (Å²) in [6, 6.07) is -6.22. The summed E-state index contributed by atoms with van der Waals surface area (Å²) in [6.45, 7) is 0.697. The number of carboxylic acids is 1. The van der Waals surface area contributed by atoms with E-state index in [1.807, 2.05) is 0 Å². The molecule has 0 aromatic heterocycles. The number of aliphatic imine (C=N–C) groups is 2. The molecule has 48 heavy (non-hydrogen) atoms. The predicted octanol–water partition coefficient (Wildman–Crippen LogP) is -4.80. The minimum Gasteiger partial charge on any atom is -0.480 e. The largest absolute Gasteiger partial charge is 0.480 e. The number of carbonyl (C=O) groups is 6. The fourth-order valence-electron chi connectivity index (χ4n) is 4.18. The summed E-state index contributed by atoms with van der Waals surface area (Å²) in [5, 5.41) is 19.6. The molecule has 274 valence electrons. The van der Waals surface area contributed by atoms with E-state index < -0.39 is 72.1 Å². The summed E-state index contributed by atoms with van der Waals surface area (Å²) < 4.78 is 0. The Labute approximate surface area is 283 Å². The van der Waals surface area contributed by atoms with Crippen molar-refractivity contribution in [3.05, 3.63) is 0 Å². The first-order valence-corrected chi connectivity index (χ1v) is 16.8. The quantitative estimate of drug-likeness (QED) is 0.0229. The van der Waals surface area contributed by atoms with Gasteiger partial charge in [0.15, 0.2) is 11.9 Å². The van der Waals surface area contributed by atoms with Crippen molar-refractivity contribution in [1.82, 2.24) is 21.3 Å². The second-order valence-corrected chi connectivity index (χ2v) is 11.8. The molecule has 0 aliphatic carbocycles. The molecule has 0 spiro atoms. The summed E-state index contributed by atoms with van der Waals surface area (Å²) in [4.78, 5) is 84.0. The van der Waals surface area contributed by atoms with Gasteiger partial charge in [0, 0.05) is 13.1 Å². The number of carbonyl (C=O) groups excluding carboxylic acids is 5. The van der Waals surface area contributed by atoms with E-state index in [1.165, 1.54) is 11.8 Å². The third-order valence-electron chi connectivity index (χ3n) is 6.73. The third-order valence-corrected chi connectivity index (χ3v) is 7.37. The minimum absolute atomic E-state index is 0.0219. The van der Waals surface area contributed by atoms with Gasteiger partial charge in [0.2, 0.25) is 29.5 Å². The number of nitrogens with two attached hydrogens (primary N) is 7. The van der Waals surface area contributed by atoms with Crippen molar-refractivity contribution < 1.29 is 33.9 Å². The maximum absolute atomic E-state index is 13.5. The molecule has 0 aromatic carbocycles. The number of unbranched alkanes of at least 4 members (excludes halogenated alkanes) is 1. The number of nitrogens with zero attached hydrogens (tertiary/aromatic N) is 2. The molecule has 0 radical (unpaired) electrons. The number of guanidine groups is 2. The smallest absolute Gasteiger partial charge is 0.326 e. The van der Waals surface area contributed by atoms with E-state index in [0.29, 0.717) is 31.6 Å². The van der Waals surface area contributed by atoms with Gasteiger partial charge in [-0.05, 0) is 69.9 Å². The Kier molecular flexibility index (Phi) is 22.5. The van der Waals surface area contributed by atoms with Gasteiger partial charge in [-0.2, -0.15) is 11.8 Å². The second-order valence-electron chi connectivity index (χ2n) is 10.8. The molecular formula is C27H53N13O7S. The molecule has 0 saturated heterocycles. The standard InChI is InChI=1S/C27H53N13O7S/c1-48-13-9-17(38-24(45)19(14-20(30)41)40-21(42)15(29)6-4-11-35-26(31)32)23(44)37-16(8-5-12-36-27(33)34)22(43)39-18(25(46)47)7-2-3-10-28/h15-19H,2-14,28-29H2,1H3,(H2,30,41)(H,37,44)(H,38,45)(H,39,43)(H,40,42)(H,46,47)(H4,31,32,35)(H4,33,34,36). The van der Waals surface area contributed by atoms with Crippen LogP contribution in [0.3, 0.4) is 0 Å². The Bertz CT molecular complexity index is 1120. The van der Waals surface area contributed by atoms with Crippen LogP contribution in [0.25, 0.3) is 0 Å². The average molecular weight is 704 g/mol. The summed E-state index contributed by atoms with van der Waals surface area (Å²) in [7, 11) is 0. The molecule has 5 unspecified atom stereocenters. The molecule has 20 nitrogen and oxygen atoms in total. The van der Waals surface area contributed by atoms with Crippen molar-refractivity contribution >= 4 is 59.2 Å². The molecule has 5 amide bonds. The topological polar surface area (TPSA) is 378 Å². The molecule has 0 aliphatic rings. The van der Waals surface area contributed by atoms with Crippen LogP contribution in [0.15, 0.2) is 9.98 Å². The van der Waals surface area contributed by atoms with E-state index in [1.54, 1.807) is 6.26 Å². The number of thioether (sulfide) groups is 1. The zero-order chi connectivity index (χ0) is 36.6. The van der Waals surface area contributed by atoms with Crippen molar-refractivity contribution in [2.75, 3.05) is 31.6 Å². The van der Waals surface area contributed by atoms with E-state index in [2.05, 4.69) is 31.3 Å². The summed E-state index contributed by atoms with van der Waals surface area (Å²) in [6.07, 6.45) is 3.18. The molecule has 21 heteroatoms. The summed E-state index contributed by atoms with van der Waals surface area (Å²) >= 11 is 1.38. The lowest BCUT2D eigenvalue weighted by Crippen LogP contribution is -2.59. The number of rotatable bonds is 26. The van der Waals surface area contributed by atoms with Gasteiger partial charge in [-0.25, -0.2) is 4.79 Å². The first-order valence-electron chi connectivity index (χ1n) is 15.4. The zero-order valence-corrected chi connectivity index (χ0v) is 28.1. The molecule has 5 atom stereocenters. The maximum Gasteiger partial charge on any atom is 0.326 e. The Morgan fingerprint density at radius 2 is 1.10 bits per heavy atom. The van der Waals surface area contributed by atoms with Crippen LogP contribution in [0.5, 0.6) is 0 Å². The molecule has 0 fully saturated rings.